The van der Waals surface area contributed by atoms with Gasteiger partial charge >= 0.3 is 0 Å². The summed E-state index contributed by atoms with van der Waals surface area (Å²) in [4.78, 5) is 21.4. The molecule has 142 valence electrons. The molecule has 0 spiro atoms. The number of Topliss-reactive ketones (excluding diaryl/α,β-unsaturated/α-hetero) is 1. The van der Waals surface area contributed by atoms with Crippen molar-refractivity contribution in [2.24, 2.45) is 23.2 Å². The highest BCUT2D eigenvalue weighted by Gasteiger charge is 2.50. The Kier molecular flexibility index (Phi) is 4.02. The maximum Gasteiger partial charge on any atom is 0.250 e. The average Bonchev–Trinajstić information content (AvgIpc) is 3.10. The first-order valence-electron chi connectivity index (χ1n) is 10.1. The molecule has 0 aromatic carbocycles. The number of aromatic nitrogens is 4. The Balaban J connectivity index is 1.32. The van der Waals surface area contributed by atoms with Gasteiger partial charge in [-0.15, -0.1) is 5.10 Å². The first-order chi connectivity index (χ1) is 13.1. The molecule has 4 fully saturated rings. The molecule has 6 heteroatoms. The van der Waals surface area contributed by atoms with E-state index in [4.69, 9.17) is 4.74 Å². The fourth-order valence-corrected chi connectivity index (χ4v) is 6.32. The number of rotatable bonds is 6. The minimum atomic E-state index is 0.116. The SMILES string of the molecule is COc1nn(-c2ncccn2)cc1C(=O)CCC12CC3CC(CC(C3)C1)C2. The van der Waals surface area contributed by atoms with E-state index in [9.17, 15) is 4.79 Å². The number of hydrogen-bond acceptors (Lipinski definition) is 5. The smallest absolute Gasteiger partial charge is 0.250 e. The third-order valence-corrected chi connectivity index (χ3v) is 6.98. The van der Waals surface area contributed by atoms with E-state index < -0.39 is 0 Å². The number of nitrogens with zero attached hydrogens (tertiary/aromatic N) is 4. The van der Waals surface area contributed by atoms with Crippen LogP contribution in [-0.2, 0) is 0 Å². The third kappa shape index (κ3) is 3.05. The third-order valence-electron chi connectivity index (χ3n) is 6.98. The van der Waals surface area contributed by atoms with Crippen LogP contribution in [0.3, 0.4) is 0 Å². The van der Waals surface area contributed by atoms with Gasteiger partial charge in [0.2, 0.25) is 5.88 Å². The average molecular weight is 366 g/mol. The molecule has 0 radical (unpaired) electrons. The van der Waals surface area contributed by atoms with E-state index in [0.29, 0.717) is 29.2 Å². The Morgan fingerprint density at radius 2 is 1.78 bits per heavy atom. The first-order valence-corrected chi connectivity index (χ1v) is 10.1. The Morgan fingerprint density at radius 3 is 2.37 bits per heavy atom. The Morgan fingerprint density at radius 1 is 1.15 bits per heavy atom. The zero-order valence-electron chi connectivity index (χ0n) is 15.8. The van der Waals surface area contributed by atoms with Gasteiger partial charge in [0.1, 0.15) is 0 Å². The highest BCUT2D eigenvalue weighted by Crippen LogP contribution is 2.61. The van der Waals surface area contributed by atoms with Gasteiger partial charge in [-0.25, -0.2) is 14.6 Å². The predicted octanol–water partition coefficient (Wildman–Crippen LogP) is 3.85. The minimum absolute atomic E-state index is 0.116. The van der Waals surface area contributed by atoms with Gasteiger partial charge in [0.05, 0.1) is 12.7 Å². The van der Waals surface area contributed by atoms with Crippen LogP contribution in [0.15, 0.2) is 24.7 Å². The van der Waals surface area contributed by atoms with Crippen molar-refractivity contribution in [3.8, 4) is 11.8 Å². The second kappa shape index (κ2) is 6.43. The highest BCUT2D eigenvalue weighted by atomic mass is 16.5. The van der Waals surface area contributed by atoms with Crippen LogP contribution in [0.4, 0.5) is 0 Å². The second-order valence-electron chi connectivity index (χ2n) is 8.89. The first kappa shape index (κ1) is 16.9. The molecule has 4 bridgehead atoms. The number of ketones is 1. The van der Waals surface area contributed by atoms with Crippen molar-refractivity contribution in [1.29, 1.82) is 0 Å². The van der Waals surface area contributed by atoms with E-state index in [1.165, 1.54) is 43.2 Å². The Hall–Kier alpha value is -2.24. The fourth-order valence-electron chi connectivity index (χ4n) is 6.32. The van der Waals surface area contributed by atoms with Crippen molar-refractivity contribution in [2.45, 2.75) is 51.4 Å². The predicted molar refractivity (Wildman–Crippen MR) is 99.9 cm³/mol. The lowest BCUT2D eigenvalue weighted by Gasteiger charge is -2.57. The number of ether oxygens (including phenoxy) is 1. The molecule has 4 aliphatic rings. The molecule has 4 saturated carbocycles. The summed E-state index contributed by atoms with van der Waals surface area (Å²) in [6, 6.07) is 1.75. The van der Waals surface area contributed by atoms with Crippen molar-refractivity contribution in [3.05, 3.63) is 30.2 Å². The Bertz CT molecular complexity index is 810. The zero-order valence-corrected chi connectivity index (χ0v) is 15.8. The van der Waals surface area contributed by atoms with Crippen LogP contribution in [0.25, 0.3) is 5.95 Å². The molecule has 27 heavy (non-hydrogen) atoms. The quantitative estimate of drug-likeness (QED) is 0.726. The molecule has 0 amide bonds. The molecule has 6 nitrogen and oxygen atoms in total. The standard InChI is InChI=1S/C21H26N4O2/c1-27-19-17(13-25(24-19)20-22-5-2-6-23-20)18(26)3-4-21-10-14-7-15(11-21)9-16(8-14)12-21/h2,5-6,13-16H,3-4,7-12H2,1H3. The summed E-state index contributed by atoms with van der Waals surface area (Å²) in [6.07, 6.45) is 14.9. The molecule has 2 aromatic heterocycles. The van der Waals surface area contributed by atoms with Gasteiger partial charge in [0.15, 0.2) is 5.78 Å². The van der Waals surface area contributed by atoms with E-state index in [0.717, 1.165) is 24.2 Å². The minimum Gasteiger partial charge on any atom is -0.479 e. The summed E-state index contributed by atoms with van der Waals surface area (Å²) in [5.74, 6) is 3.66. The zero-order chi connectivity index (χ0) is 18.4. The molecule has 4 aliphatic carbocycles. The van der Waals surface area contributed by atoms with Crippen molar-refractivity contribution < 1.29 is 9.53 Å². The van der Waals surface area contributed by atoms with Gasteiger partial charge in [-0.05, 0) is 74.2 Å². The van der Waals surface area contributed by atoms with Crippen LogP contribution >= 0.6 is 0 Å². The topological polar surface area (TPSA) is 69.9 Å². The van der Waals surface area contributed by atoms with Crippen LogP contribution < -0.4 is 4.74 Å². The normalized spacial score (nSPS) is 31.2. The van der Waals surface area contributed by atoms with Crippen LogP contribution in [0.1, 0.15) is 61.7 Å². The molecule has 0 N–H and O–H groups in total. The van der Waals surface area contributed by atoms with Gasteiger partial charge in [-0.3, -0.25) is 4.79 Å². The van der Waals surface area contributed by atoms with Gasteiger partial charge < -0.3 is 4.74 Å². The Labute approximate surface area is 159 Å². The molecule has 2 heterocycles. The van der Waals surface area contributed by atoms with Gasteiger partial charge in [0.25, 0.3) is 5.95 Å². The van der Waals surface area contributed by atoms with Crippen molar-refractivity contribution in [1.82, 2.24) is 19.7 Å². The summed E-state index contributed by atoms with van der Waals surface area (Å²) in [5, 5.41) is 4.34. The van der Waals surface area contributed by atoms with Crippen LogP contribution in [0, 0.1) is 23.2 Å². The van der Waals surface area contributed by atoms with Crippen molar-refractivity contribution in [3.63, 3.8) is 0 Å². The van der Waals surface area contributed by atoms with E-state index in [-0.39, 0.29) is 5.78 Å². The van der Waals surface area contributed by atoms with Gasteiger partial charge in [0, 0.05) is 25.0 Å². The van der Waals surface area contributed by atoms with Crippen LogP contribution in [-0.4, -0.2) is 32.6 Å². The molecule has 0 aliphatic heterocycles. The summed E-state index contributed by atoms with van der Waals surface area (Å²) >= 11 is 0. The maximum atomic E-state index is 13.0. The van der Waals surface area contributed by atoms with Crippen molar-refractivity contribution >= 4 is 5.78 Å². The van der Waals surface area contributed by atoms with E-state index >= 15 is 0 Å². The number of carbonyl (C=O) groups is 1. The van der Waals surface area contributed by atoms with Crippen LogP contribution in [0.5, 0.6) is 5.88 Å². The summed E-state index contributed by atoms with van der Waals surface area (Å²) in [6.45, 7) is 0. The van der Waals surface area contributed by atoms with Crippen molar-refractivity contribution in [2.75, 3.05) is 7.11 Å². The lowest BCUT2D eigenvalue weighted by Crippen LogP contribution is -2.46. The monoisotopic (exact) mass is 366 g/mol. The maximum absolute atomic E-state index is 13.0. The molecule has 0 saturated heterocycles. The molecular weight excluding hydrogens is 340 g/mol. The number of methoxy groups -OCH3 is 1. The number of hydrogen-bond donors (Lipinski definition) is 0. The van der Waals surface area contributed by atoms with E-state index in [1.54, 1.807) is 31.8 Å². The summed E-state index contributed by atoms with van der Waals surface area (Å²) < 4.78 is 6.88. The largest absolute Gasteiger partial charge is 0.479 e. The molecule has 6 rings (SSSR count). The van der Waals surface area contributed by atoms with E-state index in [2.05, 4.69) is 15.1 Å². The lowest BCUT2D eigenvalue weighted by atomic mass is 9.48. The summed E-state index contributed by atoms with van der Waals surface area (Å²) in [5.41, 5.74) is 0.950. The fraction of sp³-hybridized carbons (Fsp3) is 0.619. The number of carbonyl (C=O) groups excluding carboxylic acids is 1. The molecule has 2 aromatic rings. The van der Waals surface area contributed by atoms with Gasteiger partial charge in [-0.2, -0.15) is 0 Å². The van der Waals surface area contributed by atoms with Gasteiger partial charge in [-0.1, -0.05) is 0 Å². The lowest BCUT2D eigenvalue weighted by molar-refractivity contribution is -0.0570. The van der Waals surface area contributed by atoms with Crippen LogP contribution in [0.2, 0.25) is 0 Å². The van der Waals surface area contributed by atoms with E-state index in [1.807, 2.05) is 0 Å². The summed E-state index contributed by atoms with van der Waals surface area (Å²) in [7, 11) is 1.55. The molecular formula is C21H26N4O2. The highest BCUT2D eigenvalue weighted by molar-refractivity contribution is 5.98. The second-order valence-corrected chi connectivity index (χ2v) is 8.89. The molecule has 0 atom stereocenters. The molecule has 0 unspecified atom stereocenters.